The van der Waals surface area contributed by atoms with E-state index in [1.54, 1.807) is 6.07 Å². The molecule has 2 N–H and O–H groups in total. The first-order chi connectivity index (χ1) is 10.6. The summed E-state index contributed by atoms with van der Waals surface area (Å²) in [5.41, 5.74) is 9.43. The molecule has 0 aliphatic rings. The largest absolute Gasteiger partial charge is 0.366 e. The second-order valence-electron chi connectivity index (χ2n) is 5.65. The highest BCUT2D eigenvalue weighted by Crippen LogP contribution is 2.34. The normalized spacial score (nSPS) is 11.5. The molecular formula is C18H15N3O. The molecule has 0 aliphatic heterocycles. The second kappa shape index (κ2) is 4.31. The van der Waals surface area contributed by atoms with Gasteiger partial charge >= 0.3 is 0 Å². The number of benzene rings is 2. The Hall–Kier alpha value is -2.88. The third-order valence-electron chi connectivity index (χ3n) is 4.43. The summed E-state index contributed by atoms with van der Waals surface area (Å²) in [6.07, 6.45) is 3.69. The van der Waals surface area contributed by atoms with Gasteiger partial charge in [0.15, 0.2) is 0 Å². The number of carbonyl (C=O) groups is 1. The number of pyridine rings is 1. The highest BCUT2D eigenvalue weighted by atomic mass is 16.1. The molecule has 0 saturated heterocycles. The van der Waals surface area contributed by atoms with Gasteiger partial charge in [0.1, 0.15) is 0 Å². The molecule has 0 aliphatic carbocycles. The number of hydrogen-bond acceptors (Lipinski definition) is 2. The topological polar surface area (TPSA) is 60.9 Å². The Bertz CT molecular complexity index is 1080. The summed E-state index contributed by atoms with van der Waals surface area (Å²) < 4.78 is 2.17. The summed E-state index contributed by atoms with van der Waals surface area (Å²) in [6.45, 7) is 2.12. The molecule has 2 heterocycles. The molecule has 0 atom stereocenters. The molecule has 4 nitrogen and oxygen atoms in total. The molecule has 0 unspecified atom stereocenters. The first kappa shape index (κ1) is 12.8. The van der Waals surface area contributed by atoms with E-state index in [0.717, 1.165) is 21.7 Å². The van der Waals surface area contributed by atoms with Gasteiger partial charge in [-0.3, -0.25) is 9.78 Å². The first-order valence-corrected chi connectivity index (χ1v) is 7.13. The van der Waals surface area contributed by atoms with E-state index < -0.39 is 5.91 Å². The van der Waals surface area contributed by atoms with E-state index >= 15 is 0 Å². The fourth-order valence-corrected chi connectivity index (χ4v) is 3.37. The van der Waals surface area contributed by atoms with Crippen LogP contribution >= 0.6 is 0 Å². The van der Waals surface area contributed by atoms with Crippen molar-refractivity contribution in [3.8, 4) is 0 Å². The third-order valence-corrected chi connectivity index (χ3v) is 4.43. The highest BCUT2D eigenvalue weighted by molar-refractivity contribution is 6.15. The zero-order valence-corrected chi connectivity index (χ0v) is 12.4. The van der Waals surface area contributed by atoms with E-state index in [0.29, 0.717) is 5.56 Å². The third kappa shape index (κ3) is 1.58. The molecule has 0 fully saturated rings. The molecule has 4 aromatic rings. The van der Waals surface area contributed by atoms with Crippen molar-refractivity contribution in [3.63, 3.8) is 0 Å². The fourth-order valence-electron chi connectivity index (χ4n) is 3.37. The van der Waals surface area contributed by atoms with E-state index in [-0.39, 0.29) is 0 Å². The Morgan fingerprint density at radius 3 is 2.73 bits per heavy atom. The van der Waals surface area contributed by atoms with Crippen LogP contribution in [0.4, 0.5) is 0 Å². The minimum atomic E-state index is -0.405. The fraction of sp³-hybridized carbons (Fsp3) is 0.111. The minimum absolute atomic E-state index is 0.405. The van der Waals surface area contributed by atoms with Crippen LogP contribution in [0.15, 0.2) is 42.7 Å². The van der Waals surface area contributed by atoms with Crippen LogP contribution in [0.2, 0.25) is 0 Å². The van der Waals surface area contributed by atoms with E-state index in [9.17, 15) is 4.79 Å². The van der Waals surface area contributed by atoms with Gasteiger partial charge < -0.3 is 10.3 Å². The molecule has 0 spiro atoms. The quantitative estimate of drug-likeness (QED) is 0.584. The molecule has 108 valence electrons. The molecule has 0 radical (unpaired) electrons. The van der Waals surface area contributed by atoms with Crippen molar-refractivity contribution in [1.82, 2.24) is 9.55 Å². The lowest BCUT2D eigenvalue weighted by Crippen LogP contribution is -2.10. The van der Waals surface area contributed by atoms with Crippen LogP contribution in [0, 0.1) is 6.92 Å². The Balaban J connectivity index is 2.26. The Morgan fingerprint density at radius 1 is 1.14 bits per heavy atom. The Kier molecular flexibility index (Phi) is 2.51. The van der Waals surface area contributed by atoms with Crippen LogP contribution in [-0.2, 0) is 7.05 Å². The number of nitrogens with two attached hydrogens (primary N) is 1. The maximum atomic E-state index is 11.5. The smallest absolute Gasteiger partial charge is 0.248 e. The monoisotopic (exact) mass is 289 g/mol. The van der Waals surface area contributed by atoms with Crippen molar-refractivity contribution >= 4 is 38.5 Å². The van der Waals surface area contributed by atoms with Gasteiger partial charge in [0.25, 0.3) is 0 Å². The van der Waals surface area contributed by atoms with Crippen LogP contribution in [0.1, 0.15) is 15.9 Å². The van der Waals surface area contributed by atoms with Gasteiger partial charge in [-0.05, 0) is 48.2 Å². The summed E-state index contributed by atoms with van der Waals surface area (Å²) in [5.74, 6) is -0.405. The molecule has 22 heavy (non-hydrogen) atoms. The number of carbonyl (C=O) groups excluding carboxylic acids is 1. The maximum Gasteiger partial charge on any atom is 0.248 e. The molecular weight excluding hydrogens is 274 g/mol. The van der Waals surface area contributed by atoms with Crippen molar-refractivity contribution in [1.29, 1.82) is 0 Å². The lowest BCUT2D eigenvalue weighted by Gasteiger charge is -2.06. The van der Waals surface area contributed by atoms with Crippen molar-refractivity contribution in [2.24, 2.45) is 12.8 Å². The van der Waals surface area contributed by atoms with Gasteiger partial charge in [0.2, 0.25) is 5.91 Å². The second-order valence-corrected chi connectivity index (χ2v) is 5.65. The van der Waals surface area contributed by atoms with Crippen molar-refractivity contribution < 1.29 is 4.79 Å². The highest BCUT2D eigenvalue weighted by Gasteiger charge is 2.14. The number of hydrogen-bond donors (Lipinski definition) is 1. The summed E-state index contributed by atoms with van der Waals surface area (Å²) in [4.78, 5) is 15.7. The molecule has 0 bridgehead atoms. The van der Waals surface area contributed by atoms with Gasteiger partial charge in [-0.15, -0.1) is 0 Å². The zero-order chi connectivity index (χ0) is 15.4. The molecule has 2 aromatic carbocycles. The number of aryl methyl sites for hydroxylation is 2. The number of nitrogens with zero attached hydrogens (tertiary/aromatic N) is 2. The van der Waals surface area contributed by atoms with E-state index in [4.69, 9.17) is 5.73 Å². The van der Waals surface area contributed by atoms with Gasteiger partial charge in [-0.1, -0.05) is 0 Å². The maximum absolute atomic E-state index is 11.5. The predicted octanol–water partition coefficient (Wildman–Crippen LogP) is 3.29. The first-order valence-electron chi connectivity index (χ1n) is 7.13. The van der Waals surface area contributed by atoms with Crippen LogP contribution in [0.3, 0.4) is 0 Å². The van der Waals surface area contributed by atoms with Crippen LogP contribution < -0.4 is 5.73 Å². The van der Waals surface area contributed by atoms with Crippen LogP contribution in [0.5, 0.6) is 0 Å². The van der Waals surface area contributed by atoms with Gasteiger partial charge in [0, 0.05) is 46.7 Å². The standard InChI is InChI=1S/C18H15N3O/c1-10-13-5-6-20-9-12(13)8-15-14-7-11(18(19)22)3-4-16(14)21(2)17(10)15/h3-9H,1-2H3,(H2,19,22). The zero-order valence-electron chi connectivity index (χ0n) is 12.4. The van der Waals surface area contributed by atoms with E-state index in [2.05, 4.69) is 29.6 Å². The number of fused-ring (bicyclic) bond motifs is 4. The summed E-state index contributed by atoms with van der Waals surface area (Å²) in [5, 5.41) is 4.47. The average Bonchev–Trinajstić information content (AvgIpc) is 2.80. The lowest BCUT2D eigenvalue weighted by molar-refractivity contribution is 0.100. The molecule has 0 saturated carbocycles. The Morgan fingerprint density at radius 2 is 1.95 bits per heavy atom. The van der Waals surface area contributed by atoms with E-state index in [1.165, 1.54) is 16.5 Å². The Labute approximate surface area is 127 Å². The van der Waals surface area contributed by atoms with E-state index in [1.807, 2.05) is 30.6 Å². The van der Waals surface area contributed by atoms with Gasteiger partial charge in [-0.2, -0.15) is 0 Å². The minimum Gasteiger partial charge on any atom is -0.366 e. The number of primary amides is 1. The summed E-state index contributed by atoms with van der Waals surface area (Å²) in [6, 6.07) is 9.79. The van der Waals surface area contributed by atoms with Gasteiger partial charge in [-0.25, -0.2) is 0 Å². The summed E-state index contributed by atoms with van der Waals surface area (Å²) >= 11 is 0. The van der Waals surface area contributed by atoms with Crippen molar-refractivity contribution in [2.75, 3.05) is 0 Å². The SMILES string of the molecule is Cc1c2ccncc2cc2c3cc(C(N)=O)ccc3n(C)c12. The number of aromatic nitrogens is 2. The molecule has 4 rings (SSSR count). The van der Waals surface area contributed by atoms with Crippen molar-refractivity contribution in [3.05, 3.63) is 53.9 Å². The number of rotatable bonds is 1. The average molecular weight is 289 g/mol. The molecule has 1 amide bonds. The molecule has 2 aromatic heterocycles. The lowest BCUT2D eigenvalue weighted by atomic mass is 10.0. The van der Waals surface area contributed by atoms with Gasteiger partial charge in [0.05, 0.1) is 5.52 Å². The van der Waals surface area contributed by atoms with Crippen LogP contribution in [-0.4, -0.2) is 15.5 Å². The predicted molar refractivity (Wildman–Crippen MR) is 89.0 cm³/mol. The van der Waals surface area contributed by atoms with Crippen LogP contribution in [0.25, 0.3) is 32.6 Å². The number of amides is 1. The summed E-state index contributed by atoms with van der Waals surface area (Å²) in [7, 11) is 2.05. The van der Waals surface area contributed by atoms with Crippen molar-refractivity contribution in [2.45, 2.75) is 6.92 Å². The molecule has 4 heteroatoms.